The highest BCUT2D eigenvalue weighted by Gasteiger charge is 2.47. The second-order valence-corrected chi connectivity index (χ2v) is 12.3. The van der Waals surface area contributed by atoms with Gasteiger partial charge in [-0.25, -0.2) is 13.3 Å². The number of sulfonamides is 1. The summed E-state index contributed by atoms with van der Waals surface area (Å²) in [6, 6.07) is 17.5. The Morgan fingerprint density at radius 1 is 0.917 bits per heavy atom. The first-order valence-electron chi connectivity index (χ1n) is 11.8. The smallest absolute Gasteiger partial charge is 0.252 e. The zero-order valence-electron chi connectivity index (χ0n) is 20.8. The summed E-state index contributed by atoms with van der Waals surface area (Å²) in [6.07, 6.45) is 0.228. The summed E-state index contributed by atoms with van der Waals surface area (Å²) in [5.41, 5.74) is 4.47. The van der Waals surface area contributed by atoms with Crippen LogP contribution in [0.5, 0.6) is 0 Å². The highest BCUT2D eigenvalue weighted by atomic mass is 127. The van der Waals surface area contributed by atoms with E-state index in [1.54, 1.807) is 26.0 Å². The number of aryl methyl sites for hydroxylation is 2. The van der Waals surface area contributed by atoms with Crippen molar-refractivity contribution in [1.82, 2.24) is 4.31 Å². The fraction of sp³-hybridized carbons (Fsp3) is 0.286. The lowest BCUT2D eigenvalue weighted by Gasteiger charge is -2.29. The van der Waals surface area contributed by atoms with Gasteiger partial charge in [0, 0.05) is 10.1 Å². The number of benzene rings is 3. The zero-order chi connectivity index (χ0) is 26.2. The maximum Gasteiger partial charge on any atom is 0.252 e. The minimum absolute atomic E-state index is 0.0857. The highest BCUT2D eigenvalue weighted by molar-refractivity contribution is 14.1. The van der Waals surface area contributed by atoms with Gasteiger partial charge in [-0.3, -0.25) is 9.59 Å². The molecule has 0 radical (unpaired) electrons. The van der Waals surface area contributed by atoms with E-state index in [1.807, 2.05) is 62.4 Å². The van der Waals surface area contributed by atoms with Gasteiger partial charge in [0.1, 0.15) is 6.04 Å². The molecule has 1 fully saturated rings. The van der Waals surface area contributed by atoms with E-state index in [9.17, 15) is 18.0 Å². The van der Waals surface area contributed by atoms with E-state index < -0.39 is 27.9 Å². The lowest BCUT2D eigenvalue weighted by molar-refractivity contribution is -0.122. The Morgan fingerprint density at radius 2 is 1.50 bits per heavy atom. The van der Waals surface area contributed by atoms with Gasteiger partial charge < -0.3 is 0 Å². The molecule has 0 saturated carbocycles. The minimum atomic E-state index is -4.10. The zero-order valence-corrected chi connectivity index (χ0v) is 23.8. The van der Waals surface area contributed by atoms with Crippen molar-refractivity contribution in [3.63, 3.8) is 0 Å². The number of rotatable bonds is 7. The molecule has 6 nitrogen and oxygen atoms in total. The summed E-state index contributed by atoms with van der Waals surface area (Å²) >= 11 is 2.15. The second-order valence-electron chi connectivity index (χ2n) is 9.20. The molecule has 3 aromatic rings. The molecule has 0 bridgehead atoms. The molecule has 1 unspecified atom stereocenters. The predicted molar refractivity (Wildman–Crippen MR) is 149 cm³/mol. The number of anilines is 1. The molecule has 0 N–H and O–H groups in total. The fourth-order valence-electron chi connectivity index (χ4n) is 4.71. The van der Waals surface area contributed by atoms with Crippen LogP contribution in [-0.4, -0.2) is 37.1 Å². The van der Waals surface area contributed by atoms with Crippen LogP contribution in [0.2, 0.25) is 0 Å². The highest BCUT2D eigenvalue weighted by Crippen LogP contribution is 2.34. The average Bonchev–Trinajstić information content (AvgIpc) is 3.12. The number of nitrogens with zero attached hydrogens (tertiary/aromatic N) is 2. The molecule has 3 aromatic carbocycles. The minimum Gasteiger partial charge on any atom is -0.274 e. The van der Waals surface area contributed by atoms with Gasteiger partial charge >= 0.3 is 0 Å². The Kier molecular flexibility index (Phi) is 7.68. The van der Waals surface area contributed by atoms with Gasteiger partial charge in [0.25, 0.3) is 5.91 Å². The Labute approximate surface area is 226 Å². The Bertz CT molecular complexity index is 1390. The second kappa shape index (κ2) is 10.4. The maximum absolute atomic E-state index is 14.3. The molecule has 1 saturated heterocycles. The number of amides is 2. The van der Waals surface area contributed by atoms with Crippen LogP contribution in [0, 0.1) is 31.3 Å². The molecule has 0 spiro atoms. The molecule has 0 aromatic heterocycles. The molecular weight excluding hydrogens is 587 g/mol. The van der Waals surface area contributed by atoms with Crippen LogP contribution in [0.15, 0.2) is 65.6 Å². The van der Waals surface area contributed by atoms with Crippen LogP contribution in [-0.2, 0) is 26.0 Å². The maximum atomic E-state index is 14.3. The lowest BCUT2D eigenvalue weighted by atomic mass is 10.0. The van der Waals surface area contributed by atoms with Crippen molar-refractivity contribution in [2.45, 2.75) is 51.5 Å². The first-order chi connectivity index (χ1) is 17.0. The van der Waals surface area contributed by atoms with Crippen molar-refractivity contribution in [2.24, 2.45) is 0 Å². The number of hydrogen-bond donors (Lipinski definition) is 0. The SMILES string of the molecule is Cc1cc(C)c(C)c(S(=O)(=O)N(CCc2ccccc2)C2CC(=O)N(c3ccc(I)cc3)C2=O)c1C. The summed E-state index contributed by atoms with van der Waals surface area (Å²) in [5.74, 6) is -0.919. The number of halogens is 1. The molecule has 0 aliphatic carbocycles. The van der Waals surface area contributed by atoms with Gasteiger partial charge in [0.2, 0.25) is 15.9 Å². The van der Waals surface area contributed by atoms with Crippen molar-refractivity contribution in [2.75, 3.05) is 11.4 Å². The topological polar surface area (TPSA) is 74.8 Å². The van der Waals surface area contributed by atoms with E-state index >= 15 is 0 Å². The van der Waals surface area contributed by atoms with Crippen LogP contribution in [0.1, 0.15) is 34.2 Å². The van der Waals surface area contributed by atoms with Crippen LogP contribution >= 0.6 is 22.6 Å². The molecule has 1 aliphatic rings. The van der Waals surface area contributed by atoms with Crippen LogP contribution in [0.4, 0.5) is 5.69 Å². The molecule has 188 valence electrons. The van der Waals surface area contributed by atoms with Gasteiger partial charge in [0.05, 0.1) is 17.0 Å². The van der Waals surface area contributed by atoms with Crippen LogP contribution in [0.3, 0.4) is 0 Å². The van der Waals surface area contributed by atoms with E-state index in [-0.39, 0.29) is 17.9 Å². The van der Waals surface area contributed by atoms with E-state index in [0.717, 1.165) is 25.2 Å². The Morgan fingerprint density at radius 3 is 2.08 bits per heavy atom. The van der Waals surface area contributed by atoms with Gasteiger partial charge in [-0.15, -0.1) is 0 Å². The lowest BCUT2D eigenvalue weighted by Crippen LogP contribution is -2.46. The van der Waals surface area contributed by atoms with Crippen molar-refractivity contribution in [3.05, 3.63) is 92.1 Å². The third-order valence-corrected chi connectivity index (χ3v) is 9.78. The third kappa shape index (κ3) is 4.99. The van der Waals surface area contributed by atoms with E-state index in [2.05, 4.69) is 22.6 Å². The van der Waals surface area contributed by atoms with Gasteiger partial charge in [-0.1, -0.05) is 36.4 Å². The number of carbonyl (C=O) groups is 2. The fourth-order valence-corrected chi connectivity index (χ4v) is 7.24. The van der Waals surface area contributed by atoms with Crippen molar-refractivity contribution in [3.8, 4) is 0 Å². The summed E-state index contributed by atoms with van der Waals surface area (Å²) in [5, 5.41) is 0. The standard InChI is InChI=1S/C28H29IN2O4S/c1-18-16-19(2)21(4)27(20(18)3)36(34,35)30(15-14-22-8-6-5-7-9-22)25-17-26(32)31(28(25)33)24-12-10-23(29)11-13-24/h5-13,16,25H,14-15,17H2,1-4H3. The summed E-state index contributed by atoms with van der Waals surface area (Å²) in [6.45, 7) is 7.45. The van der Waals surface area contributed by atoms with E-state index in [4.69, 9.17) is 0 Å². The van der Waals surface area contributed by atoms with Gasteiger partial charge in [-0.2, -0.15) is 4.31 Å². The molecule has 36 heavy (non-hydrogen) atoms. The predicted octanol–water partition coefficient (Wildman–Crippen LogP) is 5.09. The van der Waals surface area contributed by atoms with E-state index in [1.165, 1.54) is 4.31 Å². The van der Waals surface area contributed by atoms with Crippen LogP contribution in [0.25, 0.3) is 0 Å². The normalized spacial score (nSPS) is 16.3. The molecule has 4 rings (SSSR count). The Balaban J connectivity index is 1.79. The molecule has 1 atom stereocenters. The van der Waals surface area contributed by atoms with E-state index in [0.29, 0.717) is 23.2 Å². The average molecular weight is 617 g/mol. The van der Waals surface area contributed by atoms with Crippen molar-refractivity contribution in [1.29, 1.82) is 0 Å². The summed E-state index contributed by atoms with van der Waals surface area (Å²) in [4.78, 5) is 28.0. The molecule has 2 amide bonds. The monoisotopic (exact) mass is 616 g/mol. The summed E-state index contributed by atoms with van der Waals surface area (Å²) in [7, 11) is -4.10. The first-order valence-corrected chi connectivity index (χ1v) is 14.3. The number of carbonyl (C=O) groups excluding carboxylic acids is 2. The Hall–Kier alpha value is -2.56. The largest absolute Gasteiger partial charge is 0.274 e. The molecule has 1 heterocycles. The molecule has 8 heteroatoms. The molecule has 1 aliphatic heterocycles. The first kappa shape index (κ1) is 26.5. The third-order valence-electron chi connectivity index (χ3n) is 6.88. The van der Waals surface area contributed by atoms with Crippen LogP contribution < -0.4 is 4.90 Å². The van der Waals surface area contributed by atoms with Gasteiger partial charge in [-0.05, 0) is 109 Å². The number of imide groups is 1. The van der Waals surface area contributed by atoms with Crippen molar-refractivity contribution >= 4 is 50.1 Å². The molecular formula is C28H29IN2O4S. The summed E-state index contributed by atoms with van der Waals surface area (Å²) < 4.78 is 30.8. The van der Waals surface area contributed by atoms with Crippen molar-refractivity contribution < 1.29 is 18.0 Å². The number of hydrogen-bond acceptors (Lipinski definition) is 4. The van der Waals surface area contributed by atoms with Gasteiger partial charge in [0.15, 0.2) is 0 Å². The quantitative estimate of drug-likeness (QED) is 0.274.